The molecule has 1 saturated heterocycles. The molecule has 1 N–H and O–H groups in total. The van der Waals surface area contributed by atoms with Crippen molar-refractivity contribution in [3.05, 3.63) is 29.5 Å². The van der Waals surface area contributed by atoms with Crippen LogP contribution >= 0.6 is 0 Å². The van der Waals surface area contributed by atoms with Crippen molar-refractivity contribution in [1.82, 2.24) is 15.1 Å². The van der Waals surface area contributed by atoms with Crippen LogP contribution in [0, 0.1) is 19.8 Å². The van der Waals surface area contributed by atoms with E-state index in [9.17, 15) is 0 Å². The molecule has 1 aliphatic heterocycles. The number of hydrogen-bond donors (Lipinski definition) is 1. The Morgan fingerprint density at radius 1 is 1.41 bits per heavy atom. The molecule has 1 atom stereocenters. The van der Waals surface area contributed by atoms with Gasteiger partial charge in [-0.05, 0) is 44.8 Å². The number of aryl methyl sites for hydroxylation is 2. The van der Waals surface area contributed by atoms with Crippen molar-refractivity contribution in [3.8, 4) is 0 Å². The number of rotatable bonds is 2. The minimum Gasteiger partial charge on any atom is -0.316 e. The number of nitrogens with zero attached hydrogens (tertiary/aromatic N) is 2. The monoisotopic (exact) mass is 229 g/mol. The molecule has 0 spiro atoms. The minimum absolute atomic E-state index is 0.739. The molecular formula is C14H19N3. The molecule has 90 valence electrons. The fraction of sp³-hybridized carbons (Fsp3) is 0.500. The van der Waals surface area contributed by atoms with E-state index < -0.39 is 0 Å². The van der Waals surface area contributed by atoms with E-state index >= 15 is 0 Å². The Balaban J connectivity index is 1.99. The highest BCUT2D eigenvalue weighted by molar-refractivity contribution is 5.84. The topological polar surface area (TPSA) is 29.9 Å². The number of aromatic nitrogens is 2. The van der Waals surface area contributed by atoms with Crippen molar-refractivity contribution in [2.45, 2.75) is 26.8 Å². The summed E-state index contributed by atoms with van der Waals surface area (Å²) in [6, 6.07) is 6.43. The molecule has 1 fully saturated rings. The lowest BCUT2D eigenvalue weighted by molar-refractivity contribution is 0.445. The summed E-state index contributed by atoms with van der Waals surface area (Å²) in [6.45, 7) is 7.65. The highest BCUT2D eigenvalue weighted by Gasteiger charge is 2.17. The Labute approximate surface area is 102 Å². The van der Waals surface area contributed by atoms with E-state index in [2.05, 4.69) is 42.0 Å². The van der Waals surface area contributed by atoms with Gasteiger partial charge in [-0.3, -0.25) is 4.68 Å². The Morgan fingerprint density at radius 2 is 2.29 bits per heavy atom. The van der Waals surface area contributed by atoms with Crippen molar-refractivity contribution in [1.29, 1.82) is 0 Å². The van der Waals surface area contributed by atoms with Crippen molar-refractivity contribution in [2.75, 3.05) is 13.1 Å². The summed E-state index contributed by atoms with van der Waals surface area (Å²) in [7, 11) is 0. The summed E-state index contributed by atoms with van der Waals surface area (Å²) in [5, 5.41) is 9.48. The predicted octanol–water partition coefficient (Wildman–Crippen LogP) is 2.26. The third-order valence-electron chi connectivity index (χ3n) is 3.83. The first-order chi connectivity index (χ1) is 8.25. The van der Waals surface area contributed by atoms with Crippen molar-refractivity contribution < 1.29 is 0 Å². The average molecular weight is 229 g/mol. The van der Waals surface area contributed by atoms with Gasteiger partial charge in [0.2, 0.25) is 0 Å². The summed E-state index contributed by atoms with van der Waals surface area (Å²) in [4.78, 5) is 0. The molecule has 17 heavy (non-hydrogen) atoms. The molecule has 0 amide bonds. The van der Waals surface area contributed by atoms with Gasteiger partial charge in [0, 0.05) is 17.6 Å². The molecule has 0 aliphatic carbocycles. The van der Waals surface area contributed by atoms with Gasteiger partial charge in [0.25, 0.3) is 0 Å². The molecule has 3 heteroatoms. The maximum atomic E-state index is 4.76. The van der Waals surface area contributed by atoms with Crippen LogP contribution in [0.1, 0.15) is 17.7 Å². The summed E-state index contributed by atoms with van der Waals surface area (Å²) in [5.41, 5.74) is 3.74. The smallest absolute Gasteiger partial charge is 0.0955 e. The first-order valence-electron chi connectivity index (χ1n) is 6.39. The van der Waals surface area contributed by atoms with Gasteiger partial charge in [-0.2, -0.15) is 5.10 Å². The van der Waals surface area contributed by atoms with Gasteiger partial charge in [0.05, 0.1) is 5.52 Å². The molecular weight excluding hydrogens is 210 g/mol. The first-order valence-corrected chi connectivity index (χ1v) is 6.39. The fourth-order valence-corrected chi connectivity index (χ4v) is 2.71. The van der Waals surface area contributed by atoms with Crippen LogP contribution in [0.2, 0.25) is 0 Å². The van der Waals surface area contributed by atoms with E-state index in [1.54, 1.807) is 0 Å². The lowest BCUT2D eigenvalue weighted by atomic mass is 10.1. The third kappa shape index (κ3) is 1.84. The molecule has 3 nitrogen and oxygen atoms in total. The standard InChI is InChI=1S/C14H19N3/c1-10-4-3-5-13-11(2)17(16-14(10)13)9-12-6-7-15-8-12/h3-5,12,15H,6-9H2,1-2H3. The molecule has 2 heterocycles. The lowest BCUT2D eigenvalue weighted by Crippen LogP contribution is -2.16. The highest BCUT2D eigenvalue weighted by atomic mass is 15.3. The molecule has 0 radical (unpaired) electrons. The largest absolute Gasteiger partial charge is 0.316 e. The van der Waals surface area contributed by atoms with Crippen molar-refractivity contribution in [2.24, 2.45) is 5.92 Å². The highest BCUT2D eigenvalue weighted by Crippen LogP contribution is 2.22. The Bertz CT molecular complexity index is 536. The second-order valence-electron chi connectivity index (χ2n) is 5.10. The number of nitrogens with one attached hydrogen (secondary N) is 1. The summed E-state index contributed by atoms with van der Waals surface area (Å²) >= 11 is 0. The van der Waals surface area contributed by atoms with Crippen LogP contribution in [0.4, 0.5) is 0 Å². The Hall–Kier alpha value is -1.35. The molecule has 3 rings (SSSR count). The molecule has 0 bridgehead atoms. The van der Waals surface area contributed by atoms with Crippen LogP contribution in [-0.2, 0) is 6.54 Å². The maximum Gasteiger partial charge on any atom is 0.0955 e. The van der Waals surface area contributed by atoms with Gasteiger partial charge in [0.15, 0.2) is 0 Å². The Morgan fingerprint density at radius 3 is 3.00 bits per heavy atom. The molecule has 1 aromatic heterocycles. The zero-order valence-corrected chi connectivity index (χ0v) is 10.5. The maximum absolute atomic E-state index is 4.76. The fourth-order valence-electron chi connectivity index (χ4n) is 2.71. The zero-order valence-electron chi connectivity index (χ0n) is 10.5. The number of benzene rings is 1. The van der Waals surface area contributed by atoms with Gasteiger partial charge in [-0.25, -0.2) is 0 Å². The van der Waals surface area contributed by atoms with Gasteiger partial charge in [0.1, 0.15) is 0 Å². The minimum atomic E-state index is 0.739. The van der Waals surface area contributed by atoms with Gasteiger partial charge in [-0.1, -0.05) is 18.2 Å². The van der Waals surface area contributed by atoms with Crippen LogP contribution in [0.3, 0.4) is 0 Å². The number of hydrogen-bond acceptors (Lipinski definition) is 2. The number of fused-ring (bicyclic) bond motifs is 1. The summed E-state index contributed by atoms with van der Waals surface area (Å²) < 4.78 is 2.19. The molecule has 2 aromatic rings. The zero-order chi connectivity index (χ0) is 11.8. The van der Waals surface area contributed by atoms with Crippen molar-refractivity contribution >= 4 is 10.9 Å². The van der Waals surface area contributed by atoms with Crippen LogP contribution in [0.25, 0.3) is 10.9 Å². The van der Waals surface area contributed by atoms with E-state index in [0.717, 1.165) is 31.1 Å². The first kappa shape index (κ1) is 10.8. The van der Waals surface area contributed by atoms with Gasteiger partial charge < -0.3 is 5.32 Å². The Kier molecular flexibility index (Phi) is 2.63. The van der Waals surface area contributed by atoms with Crippen molar-refractivity contribution in [3.63, 3.8) is 0 Å². The normalized spacial score (nSPS) is 20.2. The van der Waals surface area contributed by atoms with E-state index in [-0.39, 0.29) is 0 Å². The van der Waals surface area contributed by atoms with E-state index in [1.807, 2.05) is 0 Å². The summed E-state index contributed by atoms with van der Waals surface area (Å²) in [6.07, 6.45) is 1.27. The van der Waals surface area contributed by atoms with E-state index in [1.165, 1.54) is 23.1 Å². The summed E-state index contributed by atoms with van der Waals surface area (Å²) in [5.74, 6) is 0.739. The second-order valence-corrected chi connectivity index (χ2v) is 5.10. The van der Waals surface area contributed by atoms with E-state index in [4.69, 9.17) is 5.10 Å². The average Bonchev–Trinajstić information content (AvgIpc) is 2.92. The molecule has 1 aliphatic rings. The van der Waals surface area contributed by atoms with Crippen LogP contribution in [0.15, 0.2) is 18.2 Å². The van der Waals surface area contributed by atoms with Crippen LogP contribution in [0.5, 0.6) is 0 Å². The third-order valence-corrected chi connectivity index (χ3v) is 3.83. The second kappa shape index (κ2) is 4.15. The molecule has 1 unspecified atom stereocenters. The lowest BCUT2D eigenvalue weighted by Gasteiger charge is -2.09. The SMILES string of the molecule is Cc1cccc2c(C)n(CC3CCNC3)nc12. The quantitative estimate of drug-likeness (QED) is 0.856. The predicted molar refractivity (Wildman–Crippen MR) is 70.2 cm³/mol. The van der Waals surface area contributed by atoms with Gasteiger partial charge in [-0.15, -0.1) is 0 Å². The van der Waals surface area contributed by atoms with Crippen LogP contribution in [-0.4, -0.2) is 22.9 Å². The molecule has 0 saturated carbocycles. The molecule has 1 aromatic carbocycles. The van der Waals surface area contributed by atoms with E-state index in [0.29, 0.717) is 0 Å². The van der Waals surface area contributed by atoms with Gasteiger partial charge >= 0.3 is 0 Å². The van der Waals surface area contributed by atoms with Crippen LogP contribution < -0.4 is 5.32 Å².